The Bertz CT molecular complexity index is 982. The molecule has 126 valence electrons. The summed E-state index contributed by atoms with van der Waals surface area (Å²) in [6, 6.07) is 15.7. The van der Waals surface area contributed by atoms with Gasteiger partial charge >= 0.3 is 0 Å². The molecule has 3 aromatic rings. The van der Waals surface area contributed by atoms with Crippen LogP contribution in [-0.4, -0.2) is 15.5 Å². The second kappa shape index (κ2) is 7.32. The van der Waals surface area contributed by atoms with Crippen LogP contribution in [0.25, 0.3) is 0 Å². The van der Waals surface area contributed by atoms with Gasteiger partial charge in [-0.3, -0.25) is 9.59 Å². The van der Waals surface area contributed by atoms with Gasteiger partial charge in [0, 0.05) is 16.9 Å². The second-order valence-electron chi connectivity index (χ2n) is 5.56. The predicted molar refractivity (Wildman–Crippen MR) is 98.2 cm³/mol. The zero-order valence-corrected chi connectivity index (χ0v) is 14.3. The molecule has 0 unspecified atom stereocenters. The Labute approximate surface area is 149 Å². The first-order chi connectivity index (χ1) is 12.0. The van der Waals surface area contributed by atoms with Crippen LogP contribution in [0.4, 0.5) is 5.82 Å². The Balaban J connectivity index is 1.87. The Morgan fingerprint density at radius 3 is 2.68 bits per heavy atom. The van der Waals surface area contributed by atoms with Crippen LogP contribution in [0.3, 0.4) is 0 Å². The zero-order valence-electron chi connectivity index (χ0n) is 13.6. The number of amides is 1. The molecule has 0 fully saturated rings. The molecule has 2 heterocycles. The van der Waals surface area contributed by atoms with Crippen LogP contribution in [0.5, 0.6) is 0 Å². The van der Waals surface area contributed by atoms with Crippen molar-refractivity contribution in [2.24, 2.45) is 0 Å². The lowest BCUT2D eigenvalue weighted by Crippen LogP contribution is -2.29. The standard InChI is InChI=1S/C19H16ClN3O2/c1-13-6-4-10-17(21-13)22-18(24)15-8-5-11-23(19(15)25)12-14-7-2-3-9-16(14)20/h2-11H,12H2,1H3,(H,21,22,24). The fourth-order valence-corrected chi connectivity index (χ4v) is 2.64. The number of rotatable bonds is 4. The van der Waals surface area contributed by atoms with Gasteiger partial charge in [0.05, 0.1) is 6.54 Å². The van der Waals surface area contributed by atoms with E-state index in [1.165, 1.54) is 10.6 Å². The van der Waals surface area contributed by atoms with Crippen LogP contribution in [0, 0.1) is 6.92 Å². The lowest BCUT2D eigenvalue weighted by Gasteiger charge is -2.10. The minimum Gasteiger partial charge on any atom is -0.310 e. The number of carbonyl (C=O) groups is 1. The van der Waals surface area contributed by atoms with Crippen molar-refractivity contribution in [3.63, 3.8) is 0 Å². The van der Waals surface area contributed by atoms with Crippen molar-refractivity contribution < 1.29 is 4.79 Å². The van der Waals surface area contributed by atoms with Crippen molar-refractivity contribution >= 4 is 23.3 Å². The number of benzene rings is 1. The fourth-order valence-electron chi connectivity index (χ4n) is 2.44. The van der Waals surface area contributed by atoms with Gasteiger partial charge in [-0.05, 0) is 42.8 Å². The van der Waals surface area contributed by atoms with Crippen LogP contribution in [-0.2, 0) is 6.54 Å². The minimum atomic E-state index is -0.489. The van der Waals surface area contributed by atoms with Gasteiger partial charge in [0.1, 0.15) is 11.4 Å². The molecule has 0 bridgehead atoms. The maximum Gasteiger partial charge on any atom is 0.263 e. The van der Waals surface area contributed by atoms with Gasteiger partial charge < -0.3 is 9.88 Å². The molecule has 0 radical (unpaired) electrons. The van der Waals surface area contributed by atoms with Crippen LogP contribution in [0.1, 0.15) is 21.6 Å². The maximum absolute atomic E-state index is 12.6. The van der Waals surface area contributed by atoms with Crippen LogP contribution in [0.15, 0.2) is 65.6 Å². The van der Waals surface area contributed by atoms with Crippen LogP contribution >= 0.6 is 11.6 Å². The molecular weight excluding hydrogens is 338 g/mol. The molecule has 1 amide bonds. The average molecular weight is 354 g/mol. The van der Waals surface area contributed by atoms with E-state index in [1.54, 1.807) is 30.5 Å². The summed E-state index contributed by atoms with van der Waals surface area (Å²) in [6.45, 7) is 2.12. The van der Waals surface area contributed by atoms with Gasteiger partial charge in [0.15, 0.2) is 0 Å². The smallest absolute Gasteiger partial charge is 0.263 e. The van der Waals surface area contributed by atoms with E-state index in [0.29, 0.717) is 17.4 Å². The fraction of sp³-hybridized carbons (Fsp3) is 0.105. The molecule has 6 heteroatoms. The summed E-state index contributed by atoms with van der Waals surface area (Å²) in [4.78, 5) is 29.3. The molecule has 3 rings (SSSR count). The molecule has 5 nitrogen and oxygen atoms in total. The summed E-state index contributed by atoms with van der Waals surface area (Å²) >= 11 is 6.15. The van der Waals surface area contributed by atoms with Crippen molar-refractivity contribution in [2.45, 2.75) is 13.5 Å². The van der Waals surface area contributed by atoms with E-state index in [4.69, 9.17) is 11.6 Å². The Morgan fingerprint density at radius 1 is 1.12 bits per heavy atom. The number of halogens is 1. The van der Waals surface area contributed by atoms with Crippen molar-refractivity contribution in [3.8, 4) is 0 Å². The van der Waals surface area contributed by atoms with Gasteiger partial charge in [-0.15, -0.1) is 0 Å². The zero-order chi connectivity index (χ0) is 17.8. The number of anilines is 1. The van der Waals surface area contributed by atoms with Gasteiger partial charge in [-0.25, -0.2) is 4.98 Å². The van der Waals surface area contributed by atoms with E-state index in [0.717, 1.165) is 11.3 Å². The van der Waals surface area contributed by atoms with Crippen LogP contribution < -0.4 is 10.9 Å². The number of carbonyl (C=O) groups excluding carboxylic acids is 1. The summed E-state index contributed by atoms with van der Waals surface area (Å²) in [5.74, 6) is -0.0810. The predicted octanol–water partition coefficient (Wildman–Crippen LogP) is 3.51. The molecule has 0 spiro atoms. The lowest BCUT2D eigenvalue weighted by molar-refractivity contribution is 0.102. The van der Waals surface area contributed by atoms with E-state index in [-0.39, 0.29) is 11.1 Å². The quantitative estimate of drug-likeness (QED) is 0.780. The SMILES string of the molecule is Cc1cccc(NC(=O)c2cccn(Cc3ccccc3Cl)c2=O)n1. The largest absolute Gasteiger partial charge is 0.310 e. The number of aryl methyl sites for hydroxylation is 1. The first kappa shape index (κ1) is 16.9. The topological polar surface area (TPSA) is 64.0 Å². The number of nitrogens with zero attached hydrogens (tertiary/aromatic N) is 2. The van der Waals surface area contributed by atoms with Gasteiger partial charge in [-0.2, -0.15) is 0 Å². The number of nitrogens with one attached hydrogen (secondary N) is 1. The molecule has 0 atom stereocenters. The monoisotopic (exact) mass is 353 g/mol. The van der Waals surface area contributed by atoms with E-state index in [1.807, 2.05) is 31.2 Å². The van der Waals surface area contributed by atoms with Gasteiger partial charge in [0.2, 0.25) is 0 Å². The van der Waals surface area contributed by atoms with Crippen molar-refractivity contribution in [3.05, 3.63) is 93.0 Å². The molecule has 0 aliphatic heterocycles. The molecule has 0 aliphatic rings. The highest BCUT2D eigenvalue weighted by Crippen LogP contribution is 2.15. The summed E-state index contributed by atoms with van der Waals surface area (Å²) in [7, 11) is 0. The van der Waals surface area contributed by atoms with Crippen molar-refractivity contribution in [1.29, 1.82) is 0 Å². The number of hydrogen-bond donors (Lipinski definition) is 1. The Morgan fingerprint density at radius 2 is 1.92 bits per heavy atom. The normalized spacial score (nSPS) is 10.5. The average Bonchev–Trinajstić information content (AvgIpc) is 2.58. The molecule has 0 aliphatic carbocycles. The highest BCUT2D eigenvalue weighted by molar-refractivity contribution is 6.31. The highest BCUT2D eigenvalue weighted by Gasteiger charge is 2.13. The highest BCUT2D eigenvalue weighted by atomic mass is 35.5. The molecule has 2 aromatic heterocycles. The Kier molecular flexibility index (Phi) is 4.95. The summed E-state index contributed by atoms with van der Waals surface area (Å²) in [5.41, 5.74) is 1.26. The third kappa shape index (κ3) is 3.95. The van der Waals surface area contributed by atoms with E-state index in [9.17, 15) is 9.59 Å². The van der Waals surface area contributed by atoms with E-state index < -0.39 is 5.91 Å². The van der Waals surface area contributed by atoms with Gasteiger partial charge in [-0.1, -0.05) is 35.9 Å². The van der Waals surface area contributed by atoms with Crippen LogP contribution in [0.2, 0.25) is 5.02 Å². The summed E-state index contributed by atoms with van der Waals surface area (Å²) in [5, 5.41) is 3.23. The third-order valence-electron chi connectivity index (χ3n) is 3.69. The molecule has 0 saturated carbocycles. The number of aromatic nitrogens is 2. The number of pyridine rings is 2. The molecular formula is C19H16ClN3O2. The number of hydrogen-bond acceptors (Lipinski definition) is 3. The molecule has 1 aromatic carbocycles. The molecule has 1 N–H and O–H groups in total. The first-order valence-corrected chi connectivity index (χ1v) is 8.10. The lowest BCUT2D eigenvalue weighted by atomic mass is 10.2. The summed E-state index contributed by atoms with van der Waals surface area (Å²) < 4.78 is 1.46. The second-order valence-corrected chi connectivity index (χ2v) is 5.97. The Hall–Kier alpha value is -2.92. The molecule has 0 saturated heterocycles. The van der Waals surface area contributed by atoms with Crippen molar-refractivity contribution in [1.82, 2.24) is 9.55 Å². The van der Waals surface area contributed by atoms with Gasteiger partial charge in [0.25, 0.3) is 11.5 Å². The summed E-state index contributed by atoms with van der Waals surface area (Å²) in [6.07, 6.45) is 1.63. The third-order valence-corrected chi connectivity index (χ3v) is 4.06. The van der Waals surface area contributed by atoms with Crippen molar-refractivity contribution in [2.75, 3.05) is 5.32 Å². The van der Waals surface area contributed by atoms with E-state index in [2.05, 4.69) is 10.3 Å². The van der Waals surface area contributed by atoms with E-state index >= 15 is 0 Å². The maximum atomic E-state index is 12.6. The minimum absolute atomic E-state index is 0.0536. The molecule has 25 heavy (non-hydrogen) atoms. The first-order valence-electron chi connectivity index (χ1n) is 7.72.